The molecule has 1 aliphatic heterocycles. The van der Waals surface area contributed by atoms with Crippen LogP contribution < -0.4 is 4.74 Å². The van der Waals surface area contributed by atoms with E-state index < -0.39 is 0 Å². The minimum absolute atomic E-state index is 0.250. The van der Waals surface area contributed by atoms with E-state index >= 15 is 0 Å². The molecule has 0 spiro atoms. The van der Waals surface area contributed by atoms with Crippen molar-refractivity contribution in [3.8, 4) is 18.1 Å². The maximum atomic E-state index is 5.48. The van der Waals surface area contributed by atoms with Gasteiger partial charge in [-0.2, -0.15) is 0 Å². The highest BCUT2D eigenvalue weighted by Gasteiger charge is 2.16. The molecular weight excluding hydrogens is 148 g/mol. The fourth-order valence-electron chi connectivity index (χ4n) is 1.44. The van der Waals surface area contributed by atoms with Gasteiger partial charge in [-0.05, 0) is 18.1 Å². The highest BCUT2D eigenvalue weighted by atomic mass is 16.5. The molecule has 1 aromatic rings. The van der Waals surface area contributed by atoms with Crippen molar-refractivity contribution in [2.24, 2.45) is 5.92 Å². The van der Waals surface area contributed by atoms with Gasteiger partial charge in [0.25, 0.3) is 0 Å². The van der Waals surface area contributed by atoms with Crippen LogP contribution in [0.1, 0.15) is 5.56 Å². The van der Waals surface area contributed by atoms with Crippen molar-refractivity contribution in [1.29, 1.82) is 0 Å². The third-order valence-corrected chi connectivity index (χ3v) is 2.11. The van der Waals surface area contributed by atoms with Gasteiger partial charge in [0.05, 0.1) is 5.92 Å². The molecule has 0 aliphatic carbocycles. The maximum Gasteiger partial charge on any atom is 0.122 e. The van der Waals surface area contributed by atoms with Crippen LogP contribution >= 0.6 is 0 Å². The van der Waals surface area contributed by atoms with Crippen LogP contribution in [0, 0.1) is 18.3 Å². The van der Waals surface area contributed by atoms with Crippen molar-refractivity contribution < 1.29 is 4.74 Å². The van der Waals surface area contributed by atoms with Gasteiger partial charge in [0.2, 0.25) is 0 Å². The predicted molar refractivity (Wildman–Crippen MR) is 48.0 cm³/mol. The first-order valence-corrected chi connectivity index (χ1v) is 4.07. The van der Waals surface area contributed by atoms with Crippen molar-refractivity contribution in [2.45, 2.75) is 6.42 Å². The summed E-state index contributed by atoms with van der Waals surface area (Å²) in [4.78, 5) is 0. The van der Waals surface area contributed by atoms with Gasteiger partial charge in [0.15, 0.2) is 0 Å². The second-order valence-corrected chi connectivity index (χ2v) is 2.99. The lowest BCUT2D eigenvalue weighted by Gasteiger charge is -2.21. The van der Waals surface area contributed by atoms with Gasteiger partial charge < -0.3 is 4.74 Å². The Hall–Kier alpha value is -1.42. The van der Waals surface area contributed by atoms with E-state index in [0.717, 1.165) is 12.2 Å². The van der Waals surface area contributed by atoms with Crippen molar-refractivity contribution in [1.82, 2.24) is 0 Å². The molecule has 0 fully saturated rings. The molecule has 60 valence electrons. The molecule has 0 unspecified atom stereocenters. The van der Waals surface area contributed by atoms with E-state index in [0.29, 0.717) is 6.61 Å². The molecule has 2 rings (SSSR count). The second kappa shape index (κ2) is 2.91. The summed E-state index contributed by atoms with van der Waals surface area (Å²) >= 11 is 0. The topological polar surface area (TPSA) is 9.23 Å². The SMILES string of the molecule is C#C[C@@H]1COc2ccccc2C1. The standard InChI is InChI=1S/C11H10O/c1-2-9-7-10-5-3-4-6-11(10)12-8-9/h1,3-6,9H,7-8H2/t9-/m0/s1. The number of fused-ring (bicyclic) bond motifs is 1. The van der Waals surface area contributed by atoms with Gasteiger partial charge in [0, 0.05) is 0 Å². The second-order valence-electron chi connectivity index (χ2n) is 2.99. The lowest BCUT2D eigenvalue weighted by molar-refractivity contribution is 0.254. The van der Waals surface area contributed by atoms with E-state index in [9.17, 15) is 0 Å². The molecule has 12 heavy (non-hydrogen) atoms. The zero-order valence-corrected chi connectivity index (χ0v) is 6.79. The van der Waals surface area contributed by atoms with Crippen LogP contribution in [0.5, 0.6) is 5.75 Å². The van der Waals surface area contributed by atoms with Gasteiger partial charge >= 0.3 is 0 Å². The minimum Gasteiger partial charge on any atom is -0.492 e. The summed E-state index contributed by atoms with van der Waals surface area (Å²) < 4.78 is 5.48. The van der Waals surface area contributed by atoms with E-state index in [-0.39, 0.29) is 5.92 Å². The molecule has 0 radical (unpaired) electrons. The van der Waals surface area contributed by atoms with E-state index in [2.05, 4.69) is 12.0 Å². The molecule has 0 amide bonds. The Balaban J connectivity index is 2.30. The lowest BCUT2D eigenvalue weighted by atomic mass is 9.98. The van der Waals surface area contributed by atoms with Crippen molar-refractivity contribution in [3.05, 3.63) is 29.8 Å². The summed E-state index contributed by atoms with van der Waals surface area (Å²) in [6.45, 7) is 0.660. The average molecular weight is 158 g/mol. The monoisotopic (exact) mass is 158 g/mol. The summed E-state index contributed by atoms with van der Waals surface area (Å²) in [6.07, 6.45) is 6.28. The molecule has 1 aromatic carbocycles. The third-order valence-electron chi connectivity index (χ3n) is 2.11. The van der Waals surface area contributed by atoms with Gasteiger partial charge in [-0.1, -0.05) is 24.1 Å². The maximum absolute atomic E-state index is 5.48. The van der Waals surface area contributed by atoms with Gasteiger partial charge in [-0.15, -0.1) is 6.42 Å². The number of hydrogen-bond donors (Lipinski definition) is 0. The van der Waals surface area contributed by atoms with Gasteiger partial charge in [-0.3, -0.25) is 0 Å². The number of hydrogen-bond acceptors (Lipinski definition) is 1. The largest absolute Gasteiger partial charge is 0.492 e. The first-order valence-electron chi connectivity index (χ1n) is 4.07. The highest BCUT2D eigenvalue weighted by Crippen LogP contribution is 2.26. The first kappa shape index (κ1) is 7.24. The van der Waals surface area contributed by atoms with Crippen molar-refractivity contribution >= 4 is 0 Å². The smallest absolute Gasteiger partial charge is 0.122 e. The number of rotatable bonds is 0. The van der Waals surface area contributed by atoms with Crippen LogP contribution in [0.4, 0.5) is 0 Å². The van der Waals surface area contributed by atoms with Crippen LogP contribution in [0.25, 0.3) is 0 Å². The van der Waals surface area contributed by atoms with Crippen LogP contribution in [-0.4, -0.2) is 6.61 Å². The molecular formula is C11H10O. The average Bonchev–Trinajstić information content (AvgIpc) is 2.17. The Kier molecular flexibility index (Phi) is 1.75. The Morgan fingerprint density at radius 2 is 2.25 bits per heavy atom. The predicted octanol–water partition coefficient (Wildman–Crippen LogP) is 1.87. The molecule has 0 aromatic heterocycles. The number of benzene rings is 1. The molecule has 1 aliphatic rings. The number of para-hydroxylation sites is 1. The van der Waals surface area contributed by atoms with Gasteiger partial charge in [-0.25, -0.2) is 0 Å². The van der Waals surface area contributed by atoms with Crippen LogP contribution in [-0.2, 0) is 6.42 Å². The summed E-state index contributed by atoms with van der Waals surface area (Å²) in [6, 6.07) is 8.05. The Morgan fingerprint density at radius 1 is 1.42 bits per heavy atom. The fourth-order valence-corrected chi connectivity index (χ4v) is 1.44. The molecule has 1 heterocycles. The van der Waals surface area contributed by atoms with Gasteiger partial charge in [0.1, 0.15) is 12.4 Å². The summed E-state index contributed by atoms with van der Waals surface area (Å²) in [5.74, 6) is 3.96. The summed E-state index contributed by atoms with van der Waals surface area (Å²) in [5, 5.41) is 0. The first-order chi connectivity index (χ1) is 5.90. The van der Waals surface area contributed by atoms with E-state index in [4.69, 9.17) is 11.2 Å². The van der Waals surface area contributed by atoms with Crippen molar-refractivity contribution in [3.63, 3.8) is 0 Å². The van der Waals surface area contributed by atoms with E-state index in [1.165, 1.54) is 5.56 Å². The third kappa shape index (κ3) is 1.16. The van der Waals surface area contributed by atoms with Crippen molar-refractivity contribution in [2.75, 3.05) is 6.61 Å². The Labute approximate surface area is 72.4 Å². The summed E-state index contributed by atoms with van der Waals surface area (Å²) in [7, 11) is 0. The Morgan fingerprint density at radius 3 is 3.08 bits per heavy atom. The van der Waals surface area contributed by atoms with E-state index in [1.54, 1.807) is 0 Å². The normalized spacial score (nSPS) is 20.4. The molecule has 1 atom stereocenters. The molecule has 0 saturated carbocycles. The highest BCUT2D eigenvalue weighted by molar-refractivity contribution is 5.36. The van der Waals surface area contributed by atoms with Crippen LogP contribution in [0.3, 0.4) is 0 Å². The zero-order valence-electron chi connectivity index (χ0n) is 6.79. The van der Waals surface area contributed by atoms with Crippen LogP contribution in [0.15, 0.2) is 24.3 Å². The van der Waals surface area contributed by atoms with E-state index in [1.807, 2.05) is 18.2 Å². The lowest BCUT2D eigenvalue weighted by Crippen LogP contribution is -2.18. The molecule has 1 nitrogen and oxygen atoms in total. The molecule has 1 heteroatoms. The Bertz CT molecular complexity index is 322. The zero-order chi connectivity index (χ0) is 8.39. The number of ether oxygens (including phenoxy) is 1. The molecule has 0 N–H and O–H groups in total. The minimum atomic E-state index is 0.250. The van der Waals surface area contributed by atoms with Crippen LogP contribution in [0.2, 0.25) is 0 Å². The quantitative estimate of drug-likeness (QED) is 0.524. The number of terminal acetylenes is 1. The molecule has 0 saturated heterocycles. The fraction of sp³-hybridized carbons (Fsp3) is 0.273. The molecule has 0 bridgehead atoms. The summed E-state index contributed by atoms with van der Waals surface area (Å²) in [5.41, 5.74) is 1.23.